The molecule has 0 bridgehead atoms. The van der Waals surface area contributed by atoms with Gasteiger partial charge < -0.3 is 15.2 Å². The lowest BCUT2D eigenvalue weighted by Crippen LogP contribution is -2.41. The van der Waals surface area contributed by atoms with Crippen LogP contribution in [-0.4, -0.2) is 40.1 Å². The number of allylic oxidation sites excluding steroid dienone is 1. The first-order chi connectivity index (χ1) is 17.3. The van der Waals surface area contributed by atoms with Crippen molar-refractivity contribution >= 4 is 39.1 Å². The van der Waals surface area contributed by atoms with E-state index in [1.807, 2.05) is 6.07 Å². The van der Waals surface area contributed by atoms with Crippen molar-refractivity contribution < 1.29 is 40.7 Å². The van der Waals surface area contributed by atoms with Crippen molar-refractivity contribution in [2.45, 2.75) is 16.3 Å². The number of carbonyl (C=O) groups is 2. The number of halogens is 4. The predicted molar refractivity (Wildman–Crippen MR) is 124 cm³/mol. The third kappa shape index (κ3) is 4.73. The van der Waals surface area contributed by atoms with E-state index in [4.69, 9.17) is 26.8 Å². The van der Waals surface area contributed by atoms with E-state index in [0.29, 0.717) is 22.6 Å². The highest BCUT2D eigenvalue weighted by Gasteiger charge is 2.48. The van der Waals surface area contributed by atoms with Crippen LogP contribution in [0.4, 0.5) is 18.9 Å². The maximum absolute atomic E-state index is 13.2. The van der Waals surface area contributed by atoms with Crippen molar-refractivity contribution in [2.24, 2.45) is 5.73 Å². The van der Waals surface area contributed by atoms with Crippen molar-refractivity contribution in [1.29, 1.82) is 5.26 Å². The van der Waals surface area contributed by atoms with Crippen molar-refractivity contribution in [2.75, 3.05) is 19.1 Å². The number of anilines is 1. The maximum atomic E-state index is 13.2. The largest absolute Gasteiger partial charge is 0.501 e. The van der Waals surface area contributed by atoms with Gasteiger partial charge in [-0.2, -0.15) is 18.4 Å². The molecule has 1 unspecified atom stereocenters. The molecule has 14 heteroatoms. The fourth-order valence-corrected chi connectivity index (χ4v) is 4.71. The van der Waals surface area contributed by atoms with E-state index in [1.165, 1.54) is 0 Å². The minimum atomic E-state index is -5.85. The van der Waals surface area contributed by atoms with Crippen LogP contribution in [0.2, 0.25) is 5.02 Å². The lowest BCUT2D eigenvalue weighted by molar-refractivity contribution is -0.139. The lowest BCUT2D eigenvalue weighted by atomic mass is 9.81. The zero-order chi connectivity index (χ0) is 27.7. The summed E-state index contributed by atoms with van der Waals surface area (Å²) in [5.41, 5.74) is -0.957. The minimum Gasteiger partial charge on any atom is -0.466 e. The number of nitrogens with zero attached hydrogens (tertiary/aromatic N) is 2. The number of sulfone groups is 1. The number of ether oxygens (including phenoxy) is 2. The van der Waals surface area contributed by atoms with Gasteiger partial charge in [0, 0.05) is 0 Å². The Kier molecular flexibility index (Phi) is 7.56. The second-order valence-electron chi connectivity index (χ2n) is 7.40. The Bertz CT molecular complexity index is 1480. The van der Waals surface area contributed by atoms with Gasteiger partial charge >= 0.3 is 17.4 Å². The lowest BCUT2D eigenvalue weighted by Gasteiger charge is -2.36. The van der Waals surface area contributed by atoms with Crippen molar-refractivity contribution in [3.05, 3.63) is 81.8 Å². The molecule has 0 aromatic heterocycles. The molecule has 194 valence electrons. The molecule has 1 aliphatic rings. The van der Waals surface area contributed by atoms with Crippen LogP contribution >= 0.6 is 11.6 Å². The van der Waals surface area contributed by atoms with E-state index in [9.17, 15) is 36.4 Å². The fourth-order valence-electron chi connectivity index (χ4n) is 3.73. The normalized spacial score (nSPS) is 16.4. The van der Waals surface area contributed by atoms with E-state index < -0.39 is 60.9 Å². The number of hydrogen-bond donors (Lipinski definition) is 1. The number of alkyl halides is 3. The van der Waals surface area contributed by atoms with Crippen LogP contribution in [-0.2, 0) is 28.9 Å². The van der Waals surface area contributed by atoms with Crippen molar-refractivity contribution in [1.82, 2.24) is 0 Å². The van der Waals surface area contributed by atoms with Crippen molar-refractivity contribution in [3.63, 3.8) is 0 Å². The van der Waals surface area contributed by atoms with Crippen LogP contribution in [0, 0.1) is 11.3 Å². The van der Waals surface area contributed by atoms with Gasteiger partial charge in [0.25, 0.3) is 9.84 Å². The molecule has 0 saturated heterocycles. The number of hydrogen-bond acceptors (Lipinski definition) is 9. The van der Waals surface area contributed by atoms with Gasteiger partial charge in [-0.3, -0.25) is 4.90 Å². The zero-order valence-electron chi connectivity index (χ0n) is 19.0. The smallest absolute Gasteiger partial charge is 0.466 e. The summed E-state index contributed by atoms with van der Waals surface area (Å²) in [6.45, 7) is 0. The quantitative estimate of drug-likeness (QED) is 0.549. The fraction of sp³-hybridized carbons (Fsp3) is 0.174. The molecule has 0 saturated carbocycles. The summed E-state index contributed by atoms with van der Waals surface area (Å²) in [5, 5.41) is 9.63. The molecule has 0 radical (unpaired) electrons. The molecule has 3 rings (SSSR count). The number of esters is 2. The van der Waals surface area contributed by atoms with E-state index in [1.54, 1.807) is 30.3 Å². The van der Waals surface area contributed by atoms with Gasteiger partial charge in [0.1, 0.15) is 11.5 Å². The molecule has 37 heavy (non-hydrogen) atoms. The molecule has 2 N–H and O–H groups in total. The maximum Gasteiger partial charge on any atom is 0.501 e. The first kappa shape index (κ1) is 27.6. The van der Waals surface area contributed by atoms with E-state index >= 15 is 0 Å². The average Bonchev–Trinajstić information content (AvgIpc) is 2.87. The molecule has 0 spiro atoms. The summed E-state index contributed by atoms with van der Waals surface area (Å²) >= 11 is 6.21. The highest BCUT2D eigenvalue weighted by atomic mass is 35.5. The Morgan fingerprint density at radius 2 is 1.68 bits per heavy atom. The molecule has 9 nitrogen and oxygen atoms in total. The zero-order valence-corrected chi connectivity index (χ0v) is 20.6. The standard InChI is InChI=1S/C23H17ClF3N3O6S/c1-35-21(31)18-17(12-6-4-3-5-7-12)14(11-28)20(29)30(19(18)22(32)36-2)16-10-13(8-9-15(16)24)37(33,34)23(25,26)27/h3-10,17H,29H2,1-2H3. The molecule has 1 aliphatic heterocycles. The molecule has 0 aliphatic carbocycles. The third-order valence-electron chi connectivity index (χ3n) is 5.38. The van der Waals surface area contributed by atoms with Crippen LogP contribution in [0.5, 0.6) is 0 Å². The van der Waals surface area contributed by atoms with Crippen LogP contribution in [0.25, 0.3) is 0 Å². The number of nitrogens with two attached hydrogens (primary N) is 1. The minimum absolute atomic E-state index is 0.292. The number of carbonyl (C=O) groups excluding carboxylic acids is 2. The summed E-state index contributed by atoms with van der Waals surface area (Å²) in [6.07, 6.45) is 0. The molecule has 0 amide bonds. The Morgan fingerprint density at radius 1 is 1.08 bits per heavy atom. The molecular weight excluding hydrogens is 539 g/mol. The molecule has 2 aromatic carbocycles. The number of rotatable bonds is 5. The number of benzene rings is 2. The first-order valence-corrected chi connectivity index (χ1v) is 11.9. The molecule has 1 atom stereocenters. The first-order valence-electron chi connectivity index (χ1n) is 10.1. The number of methoxy groups -OCH3 is 2. The van der Waals surface area contributed by atoms with Gasteiger partial charge in [-0.25, -0.2) is 18.0 Å². The van der Waals surface area contributed by atoms with Gasteiger partial charge in [-0.15, -0.1) is 0 Å². The SMILES string of the molecule is COC(=O)C1=C(C(=O)OC)N(c2cc(S(=O)(=O)C(F)(F)F)ccc2Cl)C(N)=C(C#N)C1c1ccccc1. The van der Waals surface area contributed by atoms with Crippen LogP contribution in [0.15, 0.2) is 76.1 Å². The Morgan fingerprint density at radius 3 is 2.19 bits per heavy atom. The van der Waals surface area contributed by atoms with E-state index in [-0.39, 0.29) is 10.6 Å². The van der Waals surface area contributed by atoms with Crippen LogP contribution in [0.1, 0.15) is 11.5 Å². The molecule has 0 fully saturated rings. The Balaban J connectivity index is 2.47. The van der Waals surface area contributed by atoms with Crippen molar-refractivity contribution in [3.8, 4) is 6.07 Å². The van der Waals surface area contributed by atoms with Gasteiger partial charge in [0.15, 0.2) is 0 Å². The molecular formula is C23H17ClF3N3O6S. The average molecular weight is 556 g/mol. The third-order valence-corrected chi connectivity index (χ3v) is 7.19. The van der Waals surface area contributed by atoms with Crippen LogP contribution < -0.4 is 10.6 Å². The highest BCUT2D eigenvalue weighted by molar-refractivity contribution is 7.92. The Labute approximate surface area is 214 Å². The topological polar surface area (TPSA) is 140 Å². The Hall–Kier alpha value is -4.02. The molecule has 2 aromatic rings. The summed E-state index contributed by atoms with van der Waals surface area (Å²) in [4.78, 5) is 25.5. The van der Waals surface area contributed by atoms with Gasteiger partial charge in [0.2, 0.25) is 0 Å². The van der Waals surface area contributed by atoms with Crippen LogP contribution in [0.3, 0.4) is 0 Å². The summed E-state index contributed by atoms with van der Waals surface area (Å²) in [7, 11) is -3.88. The predicted octanol–water partition coefficient (Wildman–Crippen LogP) is 3.53. The second-order valence-corrected chi connectivity index (χ2v) is 9.75. The molecule has 1 heterocycles. The van der Waals surface area contributed by atoms with E-state index in [2.05, 4.69) is 0 Å². The van der Waals surface area contributed by atoms with Gasteiger partial charge in [-0.05, 0) is 23.8 Å². The summed E-state index contributed by atoms with van der Waals surface area (Å²) < 4.78 is 73.5. The summed E-state index contributed by atoms with van der Waals surface area (Å²) in [6, 6.07) is 11.8. The number of nitriles is 1. The highest BCUT2D eigenvalue weighted by Crippen LogP contribution is 2.45. The van der Waals surface area contributed by atoms with Gasteiger partial charge in [0.05, 0.1) is 53.0 Å². The second kappa shape index (κ2) is 10.2. The monoisotopic (exact) mass is 555 g/mol. The van der Waals surface area contributed by atoms with Gasteiger partial charge in [-0.1, -0.05) is 41.9 Å². The van der Waals surface area contributed by atoms with E-state index in [0.717, 1.165) is 20.3 Å². The summed E-state index contributed by atoms with van der Waals surface area (Å²) in [5.74, 6) is -4.03.